The van der Waals surface area contributed by atoms with Crippen LogP contribution in [0.2, 0.25) is 0 Å². The van der Waals surface area contributed by atoms with Gasteiger partial charge in [-0.2, -0.15) is 0 Å². The van der Waals surface area contributed by atoms with Gasteiger partial charge in [0.2, 0.25) is 0 Å². The second-order valence-electron chi connectivity index (χ2n) is 10.5. The average Bonchev–Trinajstić information content (AvgIpc) is 2.99. The first-order valence-electron chi connectivity index (χ1n) is 16.3. The van der Waals surface area contributed by atoms with Crippen LogP contribution in [0.25, 0.3) is 0 Å². The molecule has 0 aromatic carbocycles. The van der Waals surface area contributed by atoms with E-state index in [-0.39, 0.29) is 95.5 Å². The molecule has 3 unspecified atom stereocenters. The topological polar surface area (TPSA) is 199 Å². The smallest absolute Gasteiger partial charge is 0.546 e. The zero-order chi connectivity index (χ0) is 35.7. The largest absolute Gasteiger partial charge is 3.00 e. The van der Waals surface area contributed by atoms with Gasteiger partial charge in [-0.3, -0.25) is 14.4 Å². The number of aliphatic carboxylic acids is 3. The van der Waals surface area contributed by atoms with Crippen molar-refractivity contribution in [2.45, 2.75) is 156 Å². The van der Waals surface area contributed by atoms with Gasteiger partial charge in [0.1, 0.15) is 0 Å². The van der Waals surface area contributed by atoms with E-state index in [9.17, 15) is 44.1 Å². The molecule has 0 bridgehead atoms. The maximum Gasteiger partial charge on any atom is 3.00 e. The van der Waals surface area contributed by atoms with Crippen molar-refractivity contribution in [3.05, 3.63) is 0 Å². The van der Waals surface area contributed by atoms with Crippen LogP contribution in [-0.4, -0.2) is 91.7 Å². The minimum atomic E-state index is -1.73. The molecule has 0 fully saturated rings. The van der Waals surface area contributed by atoms with E-state index in [1.807, 2.05) is 41.5 Å². The van der Waals surface area contributed by atoms with Crippen LogP contribution in [-0.2, 0) is 43.0 Å². The number of hydrogen-bond donors (Lipinski definition) is 0. The molecule has 12 nitrogen and oxygen atoms in total. The number of Topliss-reactive ketones (excluding diaryl/α,β-unsaturated/α-hetero) is 3. The van der Waals surface area contributed by atoms with Crippen molar-refractivity contribution < 1.29 is 58.3 Å². The fourth-order valence-corrected chi connectivity index (χ4v) is 4.21. The number of ether oxygens (including phenoxy) is 3. The van der Waals surface area contributed by atoms with E-state index < -0.39 is 34.7 Å². The Hall–Kier alpha value is -2.06. The molecule has 13 heteroatoms. The van der Waals surface area contributed by atoms with Gasteiger partial charge < -0.3 is 43.9 Å². The zero-order valence-corrected chi connectivity index (χ0v) is 32.0. The first kappa shape index (κ1) is 50.8. The first-order valence-corrected chi connectivity index (χ1v) is 16.3. The first-order chi connectivity index (χ1) is 21.1. The van der Waals surface area contributed by atoms with E-state index in [4.69, 9.17) is 14.2 Å². The second kappa shape index (κ2) is 28.0. The van der Waals surface area contributed by atoms with Gasteiger partial charge in [-0.05, 0) is 57.8 Å². The molecule has 0 saturated heterocycles. The summed E-state index contributed by atoms with van der Waals surface area (Å²) >= 11 is 0. The van der Waals surface area contributed by atoms with Crippen molar-refractivity contribution in [1.29, 1.82) is 0 Å². The fraction of sp³-hybridized carbons (Fsp3) is 0.818. The number of carbonyl (C=O) groups is 6. The average molecular weight is 716 g/mol. The maximum atomic E-state index is 11.7. The van der Waals surface area contributed by atoms with Gasteiger partial charge in [-0.15, -0.1) is 0 Å². The minimum Gasteiger partial charge on any atom is -0.546 e. The third kappa shape index (κ3) is 15.7. The Morgan fingerprint density at radius 3 is 0.717 bits per heavy atom. The summed E-state index contributed by atoms with van der Waals surface area (Å²) in [4.78, 5) is 68.1. The molecule has 0 aliphatic heterocycles. The molecule has 46 heavy (non-hydrogen) atoms. The second-order valence-corrected chi connectivity index (χ2v) is 10.5. The van der Waals surface area contributed by atoms with E-state index >= 15 is 0 Å². The van der Waals surface area contributed by atoms with E-state index in [1.54, 1.807) is 20.8 Å². The van der Waals surface area contributed by atoms with Gasteiger partial charge in [0, 0.05) is 39.1 Å². The van der Waals surface area contributed by atoms with Gasteiger partial charge in [0.05, 0.1) is 17.9 Å². The van der Waals surface area contributed by atoms with E-state index in [2.05, 4.69) is 0 Å². The van der Waals surface area contributed by atoms with Crippen LogP contribution in [0.4, 0.5) is 0 Å². The maximum absolute atomic E-state index is 11.7. The summed E-state index contributed by atoms with van der Waals surface area (Å²) in [6.07, 6.45) is 4.87. The van der Waals surface area contributed by atoms with Gasteiger partial charge in [0.25, 0.3) is 0 Å². The SMILES string of the molecule is CCCOC(CC)(C(=O)[O-])C(=O)CCC.CCCOC(CC)(C(=O)[O-])C(=O)CCC.CCCOC(CC)(C(=O)[O-])C(=O)CCC.[Ga+3]. The molecule has 0 spiro atoms. The van der Waals surface area contributed by atoms with Crippen LogP contribution in [0.15, 0.2) is 0 Å². The number of hydrogen-bond acceptors (Lipinski definition) is 12. The summed E-state index contributed by atoms with van der Waals surface area (Å²) in [5.74, 6) is -5.42. The molecule has 0 aliphatic carbocycles. The molecule has 0 aliphatic rings. The summed E-state index contributed by atoms with van der Waals surface area (Å²) in [5, 5.41) is 33.1. The van der Waals surface area contributed by atoms with Crippen molar-refractivity contribution in [3.63, 3.8) is 0 Å². The molecular weight excluding hydrogens is 658 g/mol. The van der Waals surface area contributed by atoms with Crippen LogP contribution in [0.1, 0.15) is 139 Å². The third-order valence-corrected chi connectivity index (χ3v) is 6.92. The third-order valence-electron chi connectivity index (χ3n) is 6.92. The summed E-state index contributed by atoms with van der Waals surface area (Å²) in [6, 6.07) is 0. The number of carbonyl (C=O) groups excluding carboxylic acids is 6. The fourth-order valence-electron chi connectivity index (χ4n) is 4.21. The Morgan fingerprint density at radius 2 is 0.609 bits per heavy atom. The van der Waals surface area contributed by atoms with Gasteiger partial charge in [-0.1, -0.05) is 62.3 Å². The molecule has 0 aromatic rings. The quantitative estimate of drug-likeness (QED) is 0.104. The van der Waals surface area contributed by atoms with Gasteiger partial charge in [-0.25, -0.2) is 0 Å². The van der Waals surface area contributed by atoms with Crippen LogP contribution in [0.3, 0.4) is 0 Å². The minimum absolute atomic E-state index is 0. The Labute approximate surface area is 288 Å². The van der Waals surface area contributed by atoms with Crippen molar-refractivity contribution in [3.8, 4) is 0 Å². The molecule has 0 aromatic heterocycles. The predicted molar refractivity (Wildman–Crippen MR) is 168 cm³/mol. The number of carboxylic acids is 3. The molecular formula is C33H57GaO12. The van der Waals surface area contributed by atoms with Gasteiger partial charge >= 0.3 is 19.8 Å². The molecule has 0 saturated carbocycles. The normalized spacial score (nSPS) is 14.3. The van der Waals surface area contributed by atoms with E-state index in [0.717, 1.165) is 0 Å². The number of carboxylic acid groups (broad SMARTS) is 3. The molecule has 264 valence electrons. The van der Waals surface area contributed by atoms with Crippen LogP contribution in [0.5, 0.6) is 0 Å². The molecule has 0 amide bonds. The monoisotopic (exact) mass is 714 g/mol. The molecule has 0 rings (SSSR count). The van der Waals surface area contributed by atoms with Crippen molar-refractivity contribution in [2.75, 3.05) is 19.8 Å². The Balaban J connectivity index is -0.000000285. The zero-order valence-electron chi connectivity index (χ0n) is 29.6. The van der Waals surface area contributed by atoms with E-state index in [1.165, 1.54) is 0 Å². The van der Waals surface area contributed by atoms with Gasteiger partial charge in [0.15, 0.2) is 34.2 Å². The summed E-state index contributed by atoms with van der Waals surface area (Å²) < 4.78 is 15.6. The molecule has 0 radical (unpaired) electrons. The number of rotatable bonds is 24. The summed E-state index contributed by atoms with van der Waals surface area (Å²) in [6.45, 7) is 16.7. The number of ketones is 3. The van der Waals surface area contributed by atoms with Crippen molar-refractivity contribution >= 4 is 55.0 Å². The van der Waals surface area contributed by atoms with Crippen molar-refractivity contribution in [1.82, 2.24) is 0 Å². The van der Waals surface area contributed by atoms with Crippen LogP contribution < -0.4 is 15.3 Å². The molecule has 0 N–H and O–H groups in total. The summed E-state index contributed by atoms with van der Waals surface area (Å²) in [5.41, 5.74) is -5.19. The standard InChI is InChI=1S/3C11H20O4.Ga/c3*1-4-7-9(12)11(6-3,10(13)14)15-8-5-2;/h3*4-8H2,1-3H3,(H,13,14);/q;;;+3/p-3. The van der Waals surface area contributed by atoms with Crippen LogP contribution >= 0.6 is 0 Å². The Kier molecular flexibility index (Phi) is 30.9. The van der Waals surface area contributed by atoms with Crippen molar-refractivity contribution in [2.24, 2.45) is 0 Å². The Morgan fingerprint density at radius 1 is 0.413 bits per heavy atom. The Bertz CT molecular complexity index is 795. The molecule has 3 atom stereocenters. The molecule has 0 heterocycles. The van der Waals surface area contributed by atoms with Crippen LogP contribution in [0, 0.1) is 0 Å². The predicted octanol–water partition coefficient (Wildman–Crippen LogP) is 1.66. The van der Waals surface area contributed by atoms with E-state index in [0.29, 0.717) is 38.5 Å². The summed E-state index contributed by atoms with van der Waals surface area (Å²) in [7, 11) is 0.